The molecule has 122 valence electrons. The topological polar surface area (TPSA) is 56.7 Å². The van der Waals surface area contributed by atoms with Crippen molar-refractivity contribution in [3.8, 4) is 28.1 Å². The third-order valence-electron chi connectivity index (χ3n) is 4.19. The van der Waals surface area contributed by atoms with Crippen molar-refractivity contribution in [2.75, 3.05) is 0 Å². The maximum Gasteiger partial charge on any atom is 0.101 e. The molecule has 25 heavy (non-hydrogen) atoms. The van der Waals surface area contributed by atoms with Crippen LogP contribution in [0.4, 0.5) is 0 Å². The summed E-state index contributed by atoms with van der Waals surface area (Å²) < 4.78 is 1.92. The number of pyridine rings is 1. The van der Waals surface area contributed by atoms with Gasteiger partial charge in [-0.25, -0.2) is 4.68 Å². The summed E-state index contributed by atoms with van der Waals surface area (Å²) in [6.45, 7) is 0.542. The quantitative estimate of drug-likeness (QED) is 0.615. The summed E-state index contributed by atoms with van der Waals surface area (Å²) in [6.07, 6.45) is 5.65. The number of nitrogens with two attached hydrogens (primary N) is 1. The molecule has 0 aliphatic carbocycles. The fraction of sp³-hybridized carbons (Fsp3) is 0.0476. The summed E-state index contributed by atoms with van der Waals surface area (Å²) in [5.41, 5.74) is 12.0. The Kier molecular flexibility index (Phi) is 4.11. The van der Waals surface area contributed by atoms with E-state index < -0.39 is 0 Å². The Morgan fingerprint density at radius 2 is 1.52 bits per heavy atom. The number of aromatic nitrogens is 3. The van der Waals surface area contributed by atoms with Crippen LogP contribution >= 0.6 is 0 Å². The average molecular weight is 326 g/mol. The predicted octanol–water partition coefficient (Wildman–Crippen LogP) is 4.06. The van der Waals surface area contributed by atoms with Gasteiger partial charge in [-0.1, -0.05) is 42.5 Å². The minimum atomic E-state index is 0.542. The second-order valence-electron chi connectivity index (χ2n) is 5.81. The Balaban J connectivity index is 1.87. The minimum Gasteiger partial charge on any atom is -0.326 e. The van der Waals surface area contributed by atoms with E-state index >= 15 is 0 Å². The van der Waals surface area contributed by atoms with E-state index in [4.69, 9.17) is 10.8 Å². The van der Waals surface area contributed by atoms with E-state index in [1.165, 1.54) is 0 Å². The third-order valence-corrected chi connectivity index (χ3v) is 4.19. The first kappa shape index (κ1) is 15.3. The van der Waals surface area contributed by atoms with Gasteiger partial charge in [0.15, 0.2) is 0 Å². The molecule has 0 saturated carbocycles. The molecule has 2 heterocycles. The smallest absolute Gasteiger partial charge is 0.101 e. The summed E-state index contributed by atoms with van der Waals surface area (Å²) in [5, 5.41) is 4.83. The first-order valence-electron chi connectivity index (χ1n) is 8.20. The van der Waals surface area contributed by atoms with Crippen LogP contribution in [0.1, 0.15) is 5.56 Å². The molecule has 0 fully saturated rings. The molecule has 0 atom stereocenters. The van der Waals surface area contributed by atoms with Gasteiger partial charge in [-0.05, 0) is 35.4 Å². The highest BCUT2D eigenvalue weighted by Crippen LogP contribution is 2.32. The lowest BCUT2D eigenvalue weighted by Crippen LogP contribution is -1.95. The van der Waals surface area contributed by atoms with Crippen molar-refractivity contribution >= 4 is 0 Å². The van der Waals surface area contributed by atoms with Crippen molar-refractivity contribution in [2.24, 2.45) is 5.73 Å². The molecule has 0 saturated heterocycles. The zero-order chi connectivity index (χ0) is 17.1. The lowest BCUT2D eigenvalue weighted by molar-refractivity contribution is 0.884. The number of para-hydroxylation sites is 1. The number of hydrogen-bond donors (Lipinski definition) is 1. The molecule has 0 spiro atoms. The SMILES string of the molecule is NCc1ccc(-c2cn(-c3ccccc3)nc2-c2ccncc2)cc1. The molecule has 0 bridgehead atoms. The largest absolute Gasteiger partial charge is 0.326 e. The Labute approximate surface area is 146 Å². The van der Waals surface area contributed by atoms with Crippen molar-refractivity contribution in [1.29, 1.82) is 0 Å². The van der Waals surface area contributed by atoms with Gasteiger partial charge in [-0.3, -0.25) is 4.98 Å². The third kappa shape index (κ3) is 3.07. The number of nitrogens with zero attached hydrogens (tertiary/aromatic N) is 3. The maximum absolute atomic E-state index is 5.72. The molecular weight excluding hydrogens is 308 g/mol. The van der Waals surface area contributed by atoms with Gasteiger partial charge in [0.1, 0.15) is 5.69 Å². The van der Waals surface area contributed by atoms with E-state index in [-0.39, 0.29) is 0 Å². The summed E-state index contributed by atoms with van der Waals surface area (Å²) in [4.78, 5) is 4.11. The predicted molar refractivity (Wildman–Crippen MR) is 100 cm³/mol. The Hall–Kier alpha value is -3.24. The van der Waals surface area contributed by atoms with E-state index in [9.17, 15) is 0 Å². The van der Waals surface area contributed by atoms with Crippen molar-refractivity contribution in [2.45, 2.75) is 6.54 Å². The maximum atomic E-state index is 5.72. The van der Waals surface area contributed by atoms with Crippen LogP contribution in [0, 0.1) is 0 Å². The highest BCUT2D eigenvalue weighted by molar-refractivity contribution is 5.80. The highest BCUT2D eigenvalue weighted by atomic mass is 15.3. The minimum absolute atomic E-state index is 0.542. The zero-order valence-electron chi connectivity index (χ0n) is 13.7. The lowest BCUT2D eigenvalue weighted by Gasteiger charge is -2.03. The van der Waals surface area contributed by atoms with Gasteiger partial charge in [0.2, 0.25) is 0 Å². The van der Waals surface area contributed by atoms with Gasteiger partial charge >= 0.3 is 0 Å². The van der Waals surface area contributed by atoms with Gasteiger partial charge in [0.25, 0.3) is 0 Å². The lowest BCUT2D eigenvalue weighted by atomic mass is 10.0. The molecule has 0 aliphatic rings. The van der Waals surface area contributed by atoms with Crippen molar-refractivity contribution in [3.63, 3.8) is 0 Å². The van der Waals surface area contributed by atoms with E-state index in [0.717, 1.165) is 33.6 Å². The van der Waals surface area contributed by atoms with E-state index in [1.807, 2.05) is 47.1 Å². The van der Waals surface area contributed by atoms with Gasteiger partial charge in [0, 0.05) is 36.3 Å². The van der Waals surface area contributed by atoms with Crippen LogP contribution in [-0.2, 0) is 6.54 Å². The molecule has 4 nitrogen and oxygen atoms in total. The summed E-state index contributed by atoms with van der Waals surface area (Å²) >= 11 is 0. The van der Waals surface area contributed by atoms with Crippen molar-refractivity contribution in [1.82, 2.24) is 14.8 Å². The van der Waals surface area contributed by atoms with Crippen LogP contribution < -0.4 is 5.73 Å². The average Bonchev–Trinajstić information content (AvgIpc) is 3.15. The van der Waals surface area contributed by atoms with Crippen LogP contribution in [0.2, 0.25) is 0 Å². The fourth-order valence-corrected chi connectivity index (χ4v) is 2.84. The standard InChI is InChI=1S/C21H18N4/c22-14-16-6-8-17(9-7-16)20-15-25(19-4-2-1-3-5-19)24-21(20)18-10-12-23-13-11-18/h1-13,15H,14,22H2. The molecule has 2 aromatic carbocycles. The van der Waals surface area contributed by atoms with Crippen LogP contribution in [0.5, 0.6) is 0 Å². The monoisotopic (exact) mass is 326 g/mol. The van der Waals surface area contributed by atoms with E-state index in [2.05, 4.69) is 35.4 Å². The highest BCUT2D eigenvalue weighted by Gasteiger charge is 2.14. The van der Waals surface area contributed by atoms with E-state index in [0.29, 0.717) is 6.54 Å². The molecular formula is C21H18N4. The zero-order valence-corrected chi connectivity index (χ0v) is 13.7. The van der Waals surface area contributed by atoms with Crippen LogP contribution in [-0.4, -0.2) is 14.8 Å². The van der Waals surface area contributed by atoms with Gasteiger partial charge < -0.3 is 5.73 Å². The van der Waals surface area contributed by atoms with Crippen molar-refractivity contribution < 1.29 is 0 Å². The molecule has 0 radical (unpaired) electrons. The van der Waals surface area contributed by atoms with Gasteiger partial charge in [0.05, 0.1) is 5.69 Å². The second-order valence-corrected chi connectivity index (χ2v) is 5.81. The van der Waals surface area contributed by atoms with Crippen molar-refractivity contribution in [3.05, 3.63) is 90.9 Å². The molecule has 4 heteroatoms. The van der Waals surface area contributed by atoms with Gasteiger partial charge in [-0.15, -0.1) is 0 Å². The summed E-state index contributed by atoms with van der Waals surface area (Å²) in [5.74, 6) is 0. The summed E-state index contributed by atoms with van der Waals surface area (Å²) in [7, 11) is 0. The first-order valence-corrected chi connectivity index (χ1v) is 8.20. The Morgan fingerprint density at radius 1 is 0.800 bits per heavy atom. The molecule has 4 rings (SSSR count). The Bertz CT molecular complexity index is 958. The Morgan fingerprint density at radius 3 is 2.20 bits per heavy atom. The van der Waals surface area contributed by atoms with Crippen LogP contribution in [0.3, 0.4) is 0 Å². The number of hydrogen-bond acceptors (Lipinski definition) is 3. The van der Waals surface area contributed by atoms with E-state index in [1.54, 1.807) is 12.4 Å². The molecule has 0 unspecified atom stereocenters. The molecule has 2 aromatic heterocycles. The van der Waals surface area contributed by atoms with Crippen LogP contribution in [0.15, 0.2) is 85.3 Å². The molecule has 2 N–H and O–H groups in total. The molecule has 0 aliphatic heterocycles. The first-order chi connectivity index (χ1) is 12.3. The number of rotatable bonds is 4. The summed E-state index contributed by atoms with van der Waals surface area (Å²) in [6, 6.07) is 22.4. The molecule has 4 aromatic rings. The fourth-order valence-electron chi connectivity index (χ4n) is 2.84. The second kappa shape index (κ2) is 6.71. The van der Waals surface area contributed by atoms with Gasteiger partial charge in [-0.2, -0.15) is 5.10 Å². The molecule has 0 amide bonds. The normalized spacial score (nSPS) is 10.8. The number of benzene rings is 2. The van der Waals surface area contributed by atoms with Crippen LogP contribution in [0.25, 0.3) is 28.1 Å².